The molecule has 0 unspecified atom stereocenters. The van der Waals surface area contributed by atoms with E-state index in [0.29, 0.717) is 0 Å². The molecule has 0 heterocycles. The van der Waals surface area contributed by atoms with Crippen molar-refractivity contribution in [1.82, 2.24) is 0 Å². The van der Waals surface area contributed by atoms with Gasteiger partial charge in [0.15, 0.2) is 0 Å². The number of hydrogen-bond acceptors (Lipinski definition) is 6. The fourth-order valence-electron chi connectivity index (χ4n) is 5.67. The average molecular weight is 1130 g/mol. The van der Waals surface area contributed by atoms with E-state index in [1.165, 1.54) is 19.6 Å². The molecule has 6 nitrogen and oxygen atoms in total. The van der Waals surface area contributed by atoms with Crippen LogP contribution in [-0.4, -0.2) is 86.2 Å². The molecule has 6 rings (SSSR count). The van der Waals surface area contributed by atoms with Crippen molar-refractivity contribution in [2.75, 3.05) is 42.7 Å². The van der Waals surface area contributed by atoms with Crippen molar-refractivity contribution in [3.8, 4) is 34.5 Å². The van der Waals surface area contributed by atoms with Crippen molar-refractivity contribution in [3.63, 3.8) is 0 Å². The molecule has 0 fully saturated rings. The van der Waals surface area contributed by atoms with Crippen LogP contribution < -0.4 is 48.0 Å². The van der Waals surface area contributed by atoms with Crippen LogP contribution in [0.25, 0.3) is 0 Å². The van der Waals surface area contributed by atoms with Gasteiger partial charge in [-0.3, -0.25) is 0 Å². The first-order valence-electron chi connectivity index (χ1n) is 16.0. The molecule has 0 spiro atoms. The summed E-state index contributed by atoms with van der Waals surface area (Å²) in [5.74, 6) is 5.57. The molecule has 0 aliphatic heterocycles. The molecule has 0 amide bonds. The van der Waals surface area contributed by atoms with Crippen molar-refractivity contribution in [2.24, 2.45) is 0 Å². The topological polar surface area (TPSA) is 55.4 Å². The van der Waals surface area contributed by atoms with E-state index in [1.807, 2.05) is 72.8 Å². The molecule has 52 heavy (non-hydrogen) atoms. The van der Waals surface area contributed by atoms with Crippen molar-refractivity contribution in [2.45, 2.75) is 0 Å². The van der Waals surface area contributed by atoms with Gasteiger partial charge in [-0.1, -0.05) is 0 Å². The van der Waals surface area contributed by atoms with E-state index in [2.05, 4.69) is 72.8 Å². The van der Waals surface area contributed by atoms with E-state index >= 15 is 0 Å². The number of methoxy groups -OCH3 is 6. The zero-order chi connectivity index (χ0) is 35.3. The van der Waals surface area contributed by atoms with Crippen LogP contribution in [0, 0.1) is 0 Å². The maximum Gasteiger partial charge on any atom is -0.147 e. The minimum atomic E-state index is -2.69. The summed E-state index contributed by atoms with van der Waals surface area (Å²) in [4.78, 5) is 0. The van der Waals surface area contributed by atoms with Crippen LogP contribution in [0.1, 0.15) is 0 Å². The average Bonchev–Trinajstić information content (AvgIpc) is 3.19. The SMILES string of the molecule is COc1cccc[c]1[Bi]([c]1ccccc1OC)[c]1ccccc1OC.COc1cccc[c]1[Bi]([c]1ccccc1OC)[c]1ccccc1OC.Cl.Cl. The molecule has 272 valence electrons. The van der Waals surface area contributed by atoms with Crippen molar-refractivity contribution in [1.29, 1.82) is 0 Å². The second-order valence-corrected chi connectivity index (χ2v) is 27.2. The molecule has 0 aliphatic rings. The standard InChI is InChI=1S/6C7H7O.2Bi.2ClH/c6*1-8-7-5-3-2-4-6-7;;;;/h6*2-5H,1H3;;;2*1H. The normalized spacial score (nSPS) is 10.2. The minimum absolute atomic E-state index is 0. The summed E-state index contributed by atoms with van der Waals surface area (Å²) in [6.45, 7) is 0. The fourth-order valence-corrected chi connectivity index (χ4v) is 26.2. The van der Waals surface area contributed by atoms with Crippen LogP contribution in [0.3, 0.4) is 0 Å². The summed E-state index contributed by atoms with van der Waals surface area (Å²) < 4.78 is 41.7. The van der Waals surface area contributed by atoms with Gasteiger partial charge in [-0.15, -0.1) is 24.8 Å². The molecule has 0 aromatic heterocycles. The van der Waals surface area contributed by atoms with Crippen LogP contribution in [0.2, 0.25) is 0 Å². The van der Waals surface area contributed by atoms with E-state index in [4.69, 9.17) is 28.4 Å². The Labute approximate surface area is 336 Å². The summed E-state index contributed by atoms with van der Waals surface area (Å²) >= 11 is -5.38. The summed E-state index contributed by atoms with van der Waals surface area (Å²) in [7, 11) is 10.4. The number of para-hydroxylation sites is 6. The van der Waals surface area contributed by atoms with Gasteiger partial charge < -0.3 is 0 Å². The molecule has 10 heteroatoms. The van der Waals surface area contributed by atoms with Gasteiger partial charge in [-0.25, -0.2) is 0 Å². The molecule has 0 saturated carbocycles. The van der Waals surface area contributed by atoms with Gasteiger partial charge in [-0.2, -0.15) is 0 Å². The summed E-state index contributed by atoms with van der Waals surface area (Å²) in [5, 5.41) is 0. The Kier molecular flexibility index (Phi) is 18.0. The van der Waals surface area contributed by atoms with Crippen LogP contribution in [0.15, 0.2) is 146 Å². The molecule has 0 aliphatic carbocycles. The Morgan fingerprint density at radius 2 is 0.385 bits per heavy atom. The van der Waals surface area contributed by atoms with Crippen LogP contribution in [-0.2, 0) is 0 Å². The van der Waals surface area contributed by atoms with Gasteiger partial charge in [-0.05, 0) is 0 Å². The first kappa shape index (κ1) is 42.9. The molecule has 0 N–H and O–H groups in total. The second-order valence-electron chi connectivity index (χ2n) is 10.7. The summed E-state index contributed by atoms with van der Waals surface area (Å²) in [5.41, 5.74) is 0. The Morgan fingerprint density at radius 3 is 0.519 bits per heavy atom. The second kappa shape index (κ2) is 21.9. The number of ether oxygens (including phenoxy) is 6. The predicted octanol–water partition coefficient (Wildman–Crippen LogP) is 5.30. The Balaban J connectivity index is 0.000000270. The molecular formula is C42H44Bi2Cl2O6. The number of hydrogen-bond donors (Lipinski definition) is 0. The van der Waals surface area contributed by atoms with Crippen LogP contribution in [0.5, 0.6) is 34.5 Å². The maximum atomic E-state index is 5.69. The van der Waals surface area contributed by atoms with Gasteiger partial charge >= 0.3 is 314 Å². The van der Waals surface area contributed by atoms with Crippen molar-refractivity contribution < 1.29 is 28.4 Å². The Morgan fingerprint density at radius 1 is 0.250 bits per heavy atom. The number of rotatable bonds is 12. The predicted molar refractivity (Wildman–Crippen MR) is 222 cm³/mol. The third kappa shape index (κ3) is 9.91. The summed E-state index contributed by atoms with van der Waals surface area (Å²) in [6.07, 6.45) is 0. The van der Waals surface area contributed by atoms with E-state index in [-0.39, 0.29) is 24.8 Å². The molecule has 0 bridgehead atoms. The first-order chi connectivity index (χ1) is 24.6. The third-order valence-corrected chi connectivity index (χ3v) is 27.8. The van der Waals surface area contributed by atoms with Crippen LogP contribution >= 0.6 is 24.8 Å². The van der Waals surface area contributed by atoms with Gasteiger partial charge in [0.25, 0.3) is 0 Å². The smallest absolute Gasteiger partial charge is 0.147 e. The van der Waals surface area contributed by atoms with E-state index in [1.54, 1.807) is 42.7 Å². The van der Waals surface area contributed by atoms with Gasteiger partial charge in [0.05, 0.1) is 0 Å². The maximum absolute atomic E-state index is 5.69. The van der Waals surface area contributed by atoms with Gasteiger partial charge in [0, 0.05) is 0 Å². The fraction of sp³-hybridized carbons (Fsp3) is 0.143. The van der Waals surface area contributed by atoms with Crippen molar-refractivity contribution >= 4 is 87.9 Å². The van der Waals surface area contributed by atoms with E-state index in [9.17, 15) is 0 Å². The third-order valence-electron chi connectivity index (χ3n) is 7.96. The van der Waals surface area contributed by atoms with Gasteiger partial charge in [0.2, 0.25) is 0 Å². The molecule has 0 radical (unpaired) electrons. The summed E-state index contributed by atoms with van der Waals surface area (Å²) in [6, 6.07) is 49.7. The molecule has 0 saturated heterocycles. The van der Waals surface area contributed by atoms with E-state index < -0.39 is 43.5 Å². The molecule has 6 aromatic rings. The molecule has 6 aromatic carbocycles. The zero-order valence-corrected chi connectivity index (χ0v) is 38.6. The van der Waals surface area contributed by atoms with Gasteiger partial charge in [0.1, 0.15) is 0 Å². The Hall–Kier alpha value is -3.53. The Bertz CT molecular complexity index is 1620. The van der Waals surface area contributed by atoms with E-state index in [0.717, 1.165) is 34.5 Å². The largest absolute Gasteiger partial charge is 0.147 e. The number of halogens is 2. The monoisotopic (exact) mass is 1130 g/mol. The van der Waals surface area contributed by atoms with Crippen molar-refractivity contribution in [3.05, 3.63) is 146 Å². The molecule has 0 atom stereocenters. The first-order valence-corrected chi connectivity index (χ1v) is 26.4. The zero-order valence-electron chi connectivity index (χ0n) is 30.0. The minimum Gasteiger partial charge on any atom is -0.147 e. The van der Waals surface area contributed by atoms with Crippen LogP contribution in [0.4, 0.5) is 0 Å². The number of benzene rings is 6. The molecular weight excluding hydrogens is 1090 g/mol. The quantitative estimate of drug-likeness (QED) is 0.155.